The summed E-state index contributed by atoms with van der Waals surface area (Å²) >= 11 is 0. The predicted molar refractivity (Wildman–Crippen MR) is 52.5 cm³/mol. The summed E-state index contributed by atoms with van der Waals surface area (Å²) in [6.07, 6.45) is 1.64. The van der Waals surface area contributed by atoms with Gasteiger partial charge >= 0.3 is 0 Å². The molecular weight excluding hydrogens is 164 g/mol. The van der Waals surface area contributed by atoms with Crippen LogP contribution in [-0.4, -0.2) is 10.9 Å². The van der Waals surface area contributed by atoms with Gasteiger partial charge in [-0.25, -0.2) is 0 Å². The summed E-state index contributed by atoms with van der Waals surface area (Å²) < 4.78 is 0. The van der Waals surface area contributed by atoms with Crippen LogP contribution in [0.4, 0.5) is 0 Å². The van der Waals surface area contributed by atoms with Crippen molar-refractivity contribution in [3.05, 3.63) is 41.5 Å². The van der Waals surface area contributed by atoms with Crippen molar-refractivity contribution in [3.63, 3.8) is 0 Å². The summed E-state index contributed by atoms with van der Waals surface area (Å²) in [6.45, 7) is 5.10. The zero-order valence-electron chi connectivity index (χ0n) is 7.58. The molecule has 1 aromatic carbocycles. The molecule has 0 saturated heterocycles. The van der Waals surface area contributed by atoms with E-state index < -0.39 is 0 Å². The zero-order chi connectivity index (χ0) is 9.84. The maximum atomic E-state index is 11.0. The Balaban J connectivity index is 3.20. The summed E-state index contributed by atoms with van der Waals surface area (Å²) in [4.78, 5) is 11.0. The Hall–Kier alpha value is -1.41. The Morgan fingerprint density at radius 2 is 2.31 bits per heavy atom. The Kier molecular flexibility index (Phi) is 2.98. The van der Waals surface area contributed by atoms with E-state index in [2.05, 4.69) is 6.58 Å². The van der Waals surface area contributed by atoms with Crippen molar-refractivity contribution < 1.29 is 9.90 Å². The summed E-state index contributed by atoms with van der Waals surface area (Å²) in [7, 11) is 0. The van der Waals surface area contributed by atoms with Crippen LogP contribution in [0, 0.1) is 0 Å². The lowest BCUT2D eigenvalue weighted by molar-refractivity contribution is 0.101. The number of Topliss-reactive ketones (excluding diaryl/α,β-unsaturated/α-hetero) is 1. The Morgan fingerprint density at radius 3 is 2.77 bits per heavy atom. The van der Waals surface area contributed by atoms with Crippen LogP contribution in [0.1, 0.15) is 28.4 Å². The van der Waals surface area contributed by atoms with E-state index in [0.717, 1.165) is 11.1 Å². The van der Waals surface area contributed by atoms with Crippen molar-refractivity contribution >= 4 is 11.9 Å². The van der Waals surface area contributed by atoms with Crippen LogP contribution in [-0.2, 0) is 6.61 Å². The average molecular weight is 176 g/mol. The average Bonchev–Trinajstić information content (AvgIpc) is 2.16. The maximum absolute atomic E-state index is 11.0. The molecule has 0 radical (unpaired) electrons. The van der Waals surface area contributed by atoms with Crippen molar-refractivity contribution in [2.45, 2.75) is 13.5 Å². The van der Waals surface area contributed by atoms with Gasteiger partial charge < -0.3 is 5.11 Å². The van der Waals surface area contributed by atoms with Crippen LogP contribution in [0.25, 0.3) is 6.08 Å². The van der Waals surface area contributed by atoms with E-state index in [1.165, 1.54) is 6.92 Å². The second-order valence-corrected chi connectivity index (χ2v) is 2.83. The summed E-state index contributed by atoms with van der Waals surface area (Å²) in [5.41, 5.74) is 2.25. The van der Waals surface area contributed by atoms with Gasteiger partial charge in [-0.1, -0.05) is 24.8 Å². The van der Waals surface area contributed by atoms with Gasteiger partial charge in [-0.3, -0.25) is 4.79 Å². The van der Waals surface area contributed by atoms with Crippen LogP contribution in [0.5, 0.6) is 0 Å². The fourth-order valence-corrected chi connectivity index (χ4v) is 1.15. The van der Waals surface area contributed by atoms with Gasteiger partial charge in [-0.2, -0.15) is 0 Å². The number of carbonyl (C=O) groups is 1. The van der Waals surface area contributed by atoms with Crippen molar-refractivity contribution in [2.24, 2.45) is 0 Å². The first-order valence-corrected chi connectivity index (χ1v) is 4.06. The highest BCUT2D eigenvalue weighted by atomic mass is 16.3. The highest BCUT2D eigenvalue weighted by Gasteiger charge is 2.02. The summed E-state index contributed by atoms with van der Waals surface area (Å²) in [5, 5.41) is 8.95. The van der Waals surface area contributed by atoms with Gasteiger partial charge in [0, 0.05) is 5.56 Å². The number of ketones is 1. The molecule has 0 aliphatic carbocycles. The number of benzene rings is 1. The number of aliphatic hydroxyl groups excluding tert-OH is 1. The molecule has 1 aromatic rings. The topological polar surface area (TPSA) is 37.3 Å². The van der Waals surface area contributed by atoms with E-state index in [9.17, 15) is 4.79 Å². The number of carbonyl (C=O) groups excluding carboxylic acids is 1. The SMILES string of the molecule is C=Cc1cc(C(C)=O)ccc1CO. The molecule has 0 saturated carbocycles. The first-order valence-electron chi connectivity index (χ1n) is 4.06. The van der Waals surface area contributed by atoms with E-state index in [1.807, 2.05) is 0 Å². The van der Waals surface area contributed by atoms with E-state index in [4.69, 9.17) is 5.11 Å². The molecule has 0 aliphatic heterocycles. The molecule has 0 heterocycles. The molecule has 0 aliphatic rings. The molecule has 68 valence electrons. The van der Waals surface area contributed by atoms with E-state index in [-0.39, 0.29) is 12.4 Å². The Bertz CT molecular complexity index is 340. The molecule has 0 fully saturated rings. The lowest BCUT2D eigenvalue weighted by Crippen LogP contribution is -1.95. The fraction of sp³-hybridized carbons (Fsp3) is 0.182. The highest BCUT2D eigenvalue weighted by molar-refractivity contribution is 5.94. The van der Waals surface area contributed by atoms with E-state index in [0.29, 0.717) is 5.56 Å². The van der Waals surface area contributed by atoms with Crippen molar-refractivity contribution in [3.8, 4) is 0 Å². The molecule has 1 rings (SSSR count). The quantitative estimate of drug-likeness (QED) is 0.715. The molecule has 1 N–H and O–H groups in total. The molecule has 0 bridgehead atoms. The number of hydrogen-bond acceptors (Lipinski definition) is 2. The molecule has 0 amide bonds. The van der Waals surface area contributed by atoms with Crippen LogP contribution < -0.4 is 0 Å². The van der Waals surface area contributed by atoms with E-state index >= 15 is 0 Å². The van der Waals surface area contributed by atoms with Crippen molar-refractivity contribution in [1.29, 1.82) is 0 Å². The number of hydrogen-bond donors (Lipinski definition) is 1. The number of rotatable bonds is 3. The fourth-order valence-electron chi connectivity index (χ4n) is 1.15. The molecule has 0 aromatic heterocycles. The zero-order valence-corrected chi connectivity index (χ0v) is 7.58. The minimum Gasteiger partial charge on any atom is -0.392 e. The summed E-state index contributed by atoms with van der Waals surface area (Å²) in [6, 6.07) is 5.19. The van der Waals surface area contributed by atoms with Crippen LogP contribution in [0.15, 0.2) is 24.8 Å². The molecular formula is C11H12O2. The standard InChI is InChI=1S/C11H12O2/c1-3-9-6-10(8(2)13)4-5-11(9)7-12/h3-6,12H,1,7H2,2H3. The van der Waals surface area contributed by atoms with Crippen molar-refractivity contribution in [2.75, 3.05) is 0 Å². The molecule has 0 unspecified atom stereocenters. The summed E-state index contributed by atoms with van der Waals surface area (Å²) in [5.74, 6) is 0.0209. The van der Waals surface area contributed by atoms with Crippen molar-refractivity contribution in [1.82, 2.24) is 0 Å². The molecule has 0 atom stereocenters. The molecule has 2 nitrogen and oxygen atoms in total. The van der Waals surface area contributed by atoms with Crippen LogP contribution >= 0.6 is 0 Å². The predicted octanol–water partition coefficient (Wildman–Crippen LogP) is 2.02. The maximum Gasteiger partial charge on any atom is 0.159 e. The van der Waals surface area contributed by atoms with E-state index in [1.54, 1.807) is 24.3 Å². The highest BCUT2D eigenvalue weighted by Crippen LogP contribution is 2.13. The monoisotopic (exact) mass is 176 g/mol. The van der Waals surface area contributed by atoms with Crippen LogP contribution in [0.2, 0.25) is 0 Å². The van der Waals surface area contributed by atoms with Gasteiger partial charge in [0.05, 0.1) is 6.61 Å². The third-order valence-electron chi connectivity index (χ3n) is 1.94. The van der Waals surface area contributed by atoms with Crippen LogP contribution in [0.3, 0.4) is 0 Å². The van der Waals surface area contributed by atoms with Gasteiger partial charge in [0.2, 0.25) is 0 Å². The van der Waals surface area contributed by atoms with Gasteiger partial charge in [0.1, 0.15) is 0 Å². The molecule has 13 heavy (non-hydrogen) atoms. The minimum atomic E-state index is -0.0282. The van der Waals surface area contributed by atoms with Gasteiger partial charge in [-0.05, 0) is 24.1 Å². The Labute approximate surface area is 77.5 Å². The third kappa shape index (κ3) is 2.04. The first kappa shape index (κ1) is 9.68. The lowest BCUT2D eigenvalue weighted by atomic mass is 10.0. The van der Waals surface area contributed by atoms with Gasteiger partial charge in [0.25, 0.3) is 0 Å². The number of aliphatic hydroxyl groups is 1. The second kappa shape index (κ2) is 4.01. The smallest absolute Gasteiger partial charge is 0.159 e. The molecule has 2 heteroatoms. The lowest BCUT2D eigenvalue weighted by Gasteiger charge is -2.03. The molecule has 0 spiro atoms. The third-order valence-corrected chi connectivity index (χ3v) is 1.94. The van der Waals surface area contributed by atoms with Gasteiger partial charge in [-0.15, -0.1) is 0 Å². The second-order valence-electron chi connectivity index (χ2n) is 2.83. The van der Waals surface area contributed by atoms with Gasteiger partial charge in [0.15, 0.2) is 5.78 Å². The normalized spacial score (nSPS) is 9.69. The first-order chi connectivity index (χ1) is 6.19. The largest absolute Gasteiger partial charge is 0.392 e. The Morgan fingerprint density at radius 1 is 1.62 bits per heavy atom. The minimum absolute atomic E-state index is 0.0209.